The van der Waals surface area contributed by atoms with E-state index in [0.717, 1.165) is 21.9 Å². The first kappa shape index (κ1) is 10.0. The molecule has 0 aliphatic rings. The maximum Gasteiger partial charge on any atom is 0.210 e. The molecule has 0 saturated carbocycles. The fourth-order valence-electron chi connectivity index (χ4n) is 1.62. The van der Waals surface area contributed by atoms with Gasteiger partial charge in [0.2, 0.25) is 5.13 Å². The van der Waals surface area contributed by atoms with E-state index in [9.17, 15) is 0 Å². The summed E-state index contributed by atoms with van der Waals surface area (Å²) in [6.07, 6.45) is 5.53. The van der Waals surface area contributed by atoms with Crippen LogP contribution in [0.1, 0.15) is 0 Å². The van der Waals surface area contributed by atoms with E-state index in [0.29, 0.717) is 0 Å². The molecule has 0 saturated heterocycles. The smallest absolute Gasteiger partial charge is 0.210 e. The molecule has 0 spiro atoms. The van der Waals surface area contributed by atoms with Gasteiger partial charge >= 0.3 is 0 Å². The molecule has 0 aliphatic carbocycles. The van der Waals surface area contributed by atoms with Gasteiger partial charge in [-0.2, -0.15) is 5.10 Å². The lowest BCUT2D eigenvalue weighted by Crippen LogP contribution is -1.91. The Labute approximate surface area is 102 Å². The minimum atomic E-state index is 0.754. The van der Waals surface area contributed by atoms with E-state index in [1.54, 1.807) is 22.2 Å². The second-order valence-corrected chi connectivity index (χ2v) is 4.49. The summed E-state index contributed by atoms with van der Waals surface area (Å²) in [5.41, 5.74) is 8.61. The molecule has 0 unspecified atom stereocenters. The maximum atomic E-state index is 5.76. The van der Waals surface area contributed by atoms with Gasteiger partial charge in [0.15, 0.2) is 0 Å². The molecule has 0 radical (unpaired) electrons. The van der Waals surface area contributed by atoms with E-state index in [1.165, 1.54) is 0 Å². The molecule has 1 aromatic carbocycles. The average Bonchev–Trinajstić information content (AvgIpc) is 3.00. The maximum absolute atomic E-state index is 5.76. The van der Waals surface area contributed by atoms with E-state index in [2.05, 4.69) is 10.1 Å². The number of rotatable bonds is 2. The van der Waals surface area contributed by atoms with Crippen LogP contribution in [0.2, 0.25) is 0 Å². The molecule has 0 amide bonds. The van der Waals surface area contributed by atoms with Crippen molar-refractivity contribution in [3.8, 4) is 16.3 Å². The van der Waals surface area contributed by atoms with Crippen molar-refractivity contribution in [2.45, 2.75) is 0 Å². The van der Waals surface area contributed by atoms with Gasteiger partial charge in [0.05, 0.1) is 6.20 Å². The molecule has 4 nitrogen and oxygen atoms in total. The predicted octanol–water partition coefficient (Wildman–Crippen LogP) is 2.58. The van der Waals surface area contributed by atoms with Gasteiger partial charge in [0.25, 0.3) is 0 Å². The van der Waals surface area contributed by atoms with Crippen LogP contribution in [0, 0.1) is 0 Å². The molecule has 84 valence electrons. The number of nitrogen functional groups attached to an aromatic ring is 1. The van der Waals surface area contributed by atoms with Crippen LogP contribution in [0.4, 0.5) is 5.69 Å². The molecule has 3 rings (SSSR count). The molecule has 2 heterocycles. The quantitative estimate of drug-likeness (QED) is 0.703. The third-order valence-electron chi connectivity index (χ3n) is 2.42. The molecule has 2 aromatic heterocycles. The molecule has 5 heteroatoms. The molecule has 2 N–H and O–H groups in total. The fraction of sp³-hybridized carbons (Fsp3) is 0. The summed E-state index contributed by atoms with van der Waals surface area (Å²) in [6, 6.07) is 7.75. The summed E-state index contributed by atoms with van der Waals surface area (Å²) in [5.74, 6) is 0. The van der Waals surface area contributed by atoms with Gasteiger partial charge < -0.3 is 5.73 Å². The second kappa shape index (κ2) is 4.03. The first-order chi connectivity index (χ1) is 8.33. The highest BCUT2D eigenvalue weighted by atomic mass is 32.1. The average molecular weight is 242 g/mol. The Hall–Kier alpha value is -2.14. The Balaban J connectivity index is 2.01. The van der Waals surface area contributed by atoms with E-state index in [4.69, 9.17) is 5.73 Å². The van der Waals surface area contributed by atoms with Crippen LogP contribution in [-0.4, -0.2) is 14.8 Å². The number of hydrogen-bond donors (Lipinski definition) is 1. The SMILES string of the molecule is Nc1cccc(-c2cnn(-c3nccs3)c2)c1. The molecular weight excluding hydrogens is 232 g/mol. The molecule has 0 atom stereocenters. The number of benzene rings is 1. The normalized spacial score (nSPS) is 10.6. The molecule has 0 bridgehead atoms. The van der Waals surface area contributed by atoms with Gasteiger partial charge in [-0.1, -0.05) is 12.1 Å². The van der Waals surface area contributed by atoms with E-state index in [1.807, 2.05) is 42.0 Å². The van der Waals surface area contributed by atoms with Crippen molar-refractivity contribution in [3.05, 3.63) is 48.2 Å². The van der Waals surface area contributed by atoms with Crippen molar-refractivity contribution < 1.29 is 0 Å². The lowest BCUT2D eigenvalue weighted by molar-refractivity contribution is 0.870. The van der Waals surface area contributed by atoms with Crippen molar-refractivity contribution in [3.63, 3.8) is 0 Å². The molecule has 0 fully saturated rings. The number of hydrogen-bond acceptors (Lipinski definition) is 4. The Bertz CT molecular complexity index is 628. The first-order valence-electron chi connectivity index (χ1n) is 5.13. The van der Waals surface area contributed by atoms with Crippen molar-refractivity contribution in [1.82, 2.24) is 14.8 Å². The third kappa shape index (κ3) is 1.92. The Kier molecular flexibility index (Phi) is 2.38. The summed E-state index contributed by atoms with van der Waals surface area (Å²) >= 11 is 1.55. The summed E-state index contributed by atoms with van der Waals surface area (Å²) in [4.78, 5) is 4.21. The largest absolute Gasteiger partial charge is 0.399 e. The number of nitrogens with zero attached hydrogens (tertiary/aromatic N) is 3. The zero-order chi connectivity index (χ0) is 11.7. The van der Waals surface area contributed by atoms with Crippen molar-refractivity contribution in [2.75, 3.05) is 5.73 Å². The summed E-state index contributed by atoms with van der Waals surface area (Å²) < 4.78 is 1.77. The minimum Gasteiger partial charge on any atom is -0.399 e. The lowest BCUT2D eigenvalue weighted by Gasteiger charge is -1.98. The van der Waals surface area contributed by atoms with Crippen LogP contribution in [-0.2, 0) is 0 Å². The number of aromatic nitrogens is 3. The number of nitrogens with two attached hydrogens (primary N) is 1. The van der Waals surface area contributed by atoms with Gasteiger partial charge in [-0.15, -0.1) is 11.3 Å². The summed E-state index contributed by atoms with van der Waals surface area (Å²) in [6.45, 7) is 0. The Morgan fingerprint density at radius 1 is 1.24 bits per heavy atom. The highest BCUT2D eigenvalue weighted by molar-refractivity contribution is 7.12. The van der Waals surface area contributed by atoms with Gasteiger partial charge in [0, 0.05) is 29.0 Å². The van der Waals surface area contributed by atoms with Crippen molar-refractivity contribution in [2.24, 2.45) is 0 Å². The zero-order valence-electron chi connectivity index (χ0n) is 8.95. The van der Waals surface area contributed by atoms with Crippen molar-refractivity contribution in [1.29, 1.82) is 0 Å². The van der Waals surface area contributed by atoms with Crippen LogP contribution < -0.4 is 5.73 Å². The Morgan fingerprint density at radius 3 is 2.94 bits per heavy atom. The second-order valence-electron chi connectivity index (χ2n) is 3.61. The van der Waals surface area contributed by atoms with Crippen LogP contribution in [0.5, 0.6) is 0 Å². The standard InChI is InChI=1S/C12H10N4S/c13-11-3-1-2-9(6-11)10-7-15-16(8-10)12-14-4-5-17-12/h1-8H,13H2. The monoisotopic (exact) mass is 242 g/mol. The summed E-state index contributed by atoms with van der Waals surface area (Å²) in [5, 5.41) is 7.08. The van der Waals surface area contributed by atoms with Gasteiger partial charge in [-0.05, 0) is 17.7 Å². The highest BCUT2D eigenvalue weighted by Gasteiger charge is 2.04. The van der Waals surface area contributed by atoms with E-state index < -0.39 is 0 Å². The van der Waals surface area contributed by atoms with E-state index >= 15 is 0 Å². The van der Waals surface area contributed by atoms with Gasteiger partial charge in [-0.3, -0.25) is 0 Å². The van der Waals surface area contributed by atoms with Gasteiger partial charge in [0.1, 0.15) is 0 Å². The first-order valence-corrected chi connectivity index (χ1v) is 6.01. The predicted molar refractivity (Wildman–Crippen MR) is 69.1 cm³/mol. The molecule has 17 heavy (non-hydrogen) atoms. The minimum absolute atomic E-state index is 0.754. The topological polar surface area (TPSA) is 56.7 Å². The van der Waals surface area contributed by atoms with Crippen LogP contribution in [0.25, 0.3) is 16.3 Å². The summed E-state index contributed by atoms with van der Waals surface area (Å²) in [7, 11) is 0. The Morgan fingerprint density at radius 2 is 2.18 bits per heavy atom. The molecule has 0 aliphatic heterocycles. The van der Waals surface area contributed by atoms with Crippen LogP contribution in [0.15, 0.2) is 48.2 Å². The molecular formula is C12H10N4S. The molecule has 3 aromatic rings. The number of anilines is 1. The number of thiazole rings is 1. The van der Waals surface area contributed by atoms with Gasteiger partial charge in [-0.25, -0.2) is 9.67 Å². The lowest BCUT2D eigenvalue weighted by atomic mass is 10.1. The third-order valence-corrected chi connectivity index (χ3v) is 3.18. The van der Waals surface area contributed by atoms with Crippen LogP contribution >= 0.6 is 11.3 Å². The zero-order valence-corrected chi connectivity index (χ0v) is 9.76. The van der Waals surface area contributed by atoms with Crippen molar-refractivity contribution >= 4 is 17.0 Å². The van der Waals surface area contributed by atoms with Crippen LogP contribution in [0.3, 0.4) is 0 Å². The van der Waals surface area contributed by atoms with E-state index in [-0.39, 0.29) is 0 Å². The highest BCUT2D eigenvalue weighted by Crippen LogP contribution is 2.22. The fourth-order valence-corrected chi connectivity index (χ4v) is 2.20.